The zero-order valence-electron chi connectivity index (χ0n) is 18.7. The van der Waals surface area contributed by atoms with Crippen molar-refractivity contribution in [3.05, 3.63) is 88.3 Å². The molecule has 2 aromatic carbocycles. The number of sulfonamides is 1. The maximum absolute atomic E-state index is 13.2. The lowest BCUT2D eigenvalue weighted by Crippen LogP contribution is -2.49. The number of nitrogens with zero attached hydrogens (tertiary/aromatic N) is 2. The van der Waals surface area contributed by atoms with E-state index in [2.05, 4.69) is 4.72 Å². The monoisotopic (exact) mass is 479 g/mol. The lowest BCUT2D eigenvalue weighted by Gasteiger charge is -2.43. The fourth-order valence-electron chi connectivity index (χ4n) is 4.91. The van der Waals surface area contributed by atoms with E-state index in [4.69, 9.17) is 4.74 Å². The van der Waals surface area contributed by atoms with Crippen LogP contribution in [-0.4, -0.2) is 44.0 Å². The molecule has 176 valence electrons. The van der Waals surface area contributed by atoms with E-state index in [1.807, 2.05) is 35.2 Å². The summed E-state index contributed by atoms with van der Waals surface area (Å²) in [6, 6.07) is 18.5. The average molecular weight is 480 g/mol. The molecule has 9 heteroatoms. The van der Waals surface area contributed by atoms with Crippen molar-refractivity contribution in [2.24, 2.45) is 5.92 Å². The van der Waals surface area contributed by atoms with Gasteiger partial charge in [0.15, 0.2) is 0 Å². The summed E-state index contributed by atoms with van der Waals surface area (Å²) in [6.07, 6.45) is 0.898. The Morgan fingerprint density at radius 3 is 2.41 bits per heavy atom. The minimum absolute atomic E-state index is 0.00466. The number of pyridine rings is 1. The molecule has 2 aliphatic rings. The molecule has 8 nitrogen and oxygen atoms in total. The quantitative estimate of drug-likeness (QED) is 0.607. The van der Waals surface area contributed by atoms with Gasteiger partial charge in [0.2, 0.25) is 0 Å². The van der Waals surface area contributed by atoms with Gasteiger partial charge in [-0.2, -0.15) is 0 Å². The molecule has 0 unspecified atom stereocenters. The summed E-state index contributed by atoms with van der Waals surface area (Å²) in [5.41, 5.74) is 1.13. The number of benzene rings is 2. The number of carbonyl (C=O) groups is 1. The minimum Gasteiger partial charge on any atom is -0.497 e. The van der Waals surface area contributed by atoms with E-state index in [9.17, 15) is 18.0 Å². The van der Waals surface area contributed by atoms with Gasteiger partial charge >= 0.3 is 0 Å². The van der Waals surface area contributed by atoms with Crippen LogP contribution in [0, 0.1) is 5.92 Å². The van der Waals surface area contributed by atoms with Crippen LogP contribution < -0.4 is 15.0 Å². The first-order chi connectivity index (χ1) is 16.4. The number of fused-ring (bicyclic) bond motifs is 4. The lowest BCUT2D eigenvalue weighted by molar-refractivity contribution is 0.0594. The van der Waals surface area contributed by atoms with Gasteiger partial charge in [-0.15, -0.1) is 0 Å². The predicted molar refractivity (Wildman–Crippen MR) is 128 cm³/mol. The molecule has 5 rings (SSSR count). The van der Waals surface area contributed by atoms with E-state index >= 15 is 0 Å². The maximum Gasteiger partial charge on any atom is 0.275 e. The lowest BCUT2D eigenvalue weighted by atomic mass is 9.83. The largest absolute Gasteiger partial charge is 0.497 e. The summed E-state index contributed by atoms with van der Waals surface area (Å²) < 4.78 is 34.8. The number of likely N-dealkylation sites (tertiary alicyclic amines) is 1. The maximum atomic E-state index is 13.2. The van der Waals surface area contributed by atoms with Crippen LogP contribution in [0.5, 0.6) is 5.75 Å². The number of piperidine rings is 1. The number of aromatic nitrogens is 1. The van der Waals surface area contributed by atoms with E-state index < -0.39 is 10.0 Å². The van der Waals surface area contributed by atoms with Gasteiger partial charge in [0.1, 0.15) is 11.4 Å². The second-order valence-corrected chi connectivity index (χ2v) is 10.4. The van der Waals surface area contributed by atoms with Crippen molar-refractivity contribution in [1.29, 1.82) is 0 Å². The normalized spacial score (nSPS) is 19.3. The number of hydrogen-bond acceptors (Lipinski definition) is 5. The third-order valence-electron chi connectivity index (χ3n) is 6.53. The topological polar surface area (TPSA) is 97.7 Å². The van der Waals surface area contributed by atoms with Crippen molar-refractivity contribution in [2.45, 2.75) is 23.8 Å². The smallest absolute Gasteiger partial charge is 0.275 e. The first-order valence-electron chi connectivity index (χ1n) is 11.1. The molecule has 1 amide bonds. The van der Waals surface area contributed by atoms with Crippen LogP contribution in [0.3, 0.4) is 0 Å². The number of anilines is 1. The fourth-order valence-corrected chi connectivity index (χ4v) is 5.97. The molecular weight excluding hydrogens is 454 g/mol. The van der Waals surface area contributed by atoms with Crippen LogP contribution in [-0.2, 0) is 16.6 Å². The van der Waals surface area contributed by atoms with Crippen LogP contribution in [0.15, 0.2) is 76.4 Å². The standard InChI is InChI=1S/C25H25N3O5S/c1-33-20-7-9-21(10-8-20)34(31,32)26-22-11-12-23-19-13-17(15-28(23)25(22)30)14-27(16-19)24(29)18-5-3-2-4-6-18/h2-12,17,19,26H,13-16H2,1H3/t17-,19+/m0/s1. The number of rotatable bonds is 5. The Labute approximate surface area is 197 Å². The van der Waals surface area contributed by atoms with Gasteiger partial charge in [0.25, 0.3) is 21.5 Å². The molecule has 0 radical (unpaired) electrons. The van der Waals surface area contributed by atoms with E-state index in [0.29, 0.717) is 30.9 Å². The van der Waals surface area contributed by atoms with Crippen LogP contribution in [0.1, 0.15) is 28.4 Å². The summed E-state index contributed by atoms with van der Waals surface area (Å²) in [6.45, 7) is 1.54. The molecular formula is C25H25N3O5S. The molecule has 34 heavy (non-hydrogen) atoms. The Kier molecular flexibility index (Phi) is 5.65. The number of hydrogen-bond donors (Lipinski definition) is 1. The molecule has 0 saturated carbocycles. The number of amides is 1. The Morgan fingerprint density at radius 1 is 0.971 bits per heavy atom. The van der Waals surface area contributed by atoms with Crippen molar-refractivity contribution in [2.75, 3.05) is 24.9 Å². The minimum atomic E-state index is -3.93. The van der Waals surface area contributed by atoms with Crippen LogP contribution in [0.2, 0.25) is 0 Å². The first-order valence-corrected chi connectivity index (χ1v) is 12.6. The highest BCUT2D eigenvalue weighted by Gasteiger charge is 2.37. The Bertz CT molecular complexity index is 1380. The van der Waals surface area contributed by atoms with Crippen molar-refractivity contribution in [3.8, 4) is 5.75 Å². The van der Waals surface area contributed by atoms with Crippen LogP contribution in [0.25, 0.3) is 0 Å². The van der Waals surface area contributed by atoms with Crippen LogP contribution >= 0.6 is 0 Å². The SMILES string of the molecule is COc1ccc(S(=O)(=O)Nc2ccc3n(c2=O)C[C@H]2C[C@@H]3CN(C(=O)c3ccccc3)C2)cc1. The second kappa shape index (κ2) is 8.64. The molecule has 1 fully saturated rings. The summed E-state index contributed by atoms with van der Waals surface area (Å²) in [5, 5.41) is 0. The highest BCUT2D eigenvalue weighted by molar-refractivity contribution is 7.92. The molecule has 3 aromatic rings. The van der Waals surface area contributed by atoms with E-state index in [1.54, 1.807) is 22.8 Å². The highest BCUT2D eigenvalue weighted by Crippen LogP contribution is 2.36. The van der Waals surface area contributed by atoms with Gasteiger partial charge in [-0.1, -0.05) is 18.2 Å². The fraction of sp³-hybridized carbons (Fsp3) is 0.280. The summed E-state index contributed by atoms with van der Waals surface area (Å²) in [4.78, 5) is 28.1. The summed E-state index contributed by atoms with van der Waals surface area (Å²) in [7, 11) is -2.43. The second-order valence-electron chi connectivity index (χ2n) is 8.74. The molecule has 2 aliphatic heterocycles. The zero-order valence-corrected chi connectivity index (χ0v) is 19.5. The van der Waals surface area contributed by atoms with Gasteiger partial charge in [0.05, 0.1) is 12.0 Å². The molecule has 1 saturated heterocycles. The summed E-state index contributed by atoms with van der Waals surface area (Å²) in [5.74, 6) is 0.694. The average Bonchev–Trinajstić information content (AvgIpc) is 2.86. The molecule has 3 heterocycles. The Hall–Kier alpha value is -3.59. The number of methoxy groups -OCH3 is 1. The van der Waals surface area contributed by atoms with Gasteiger partial charge in [-0.05, 0) is 60.9 Å². The van der Waals surface area contributed by atoms with Gasteiger partial charge in [0, 0.05) is 36.8 Å². The van der Waals surface area contributed by atoms with E-state index in [1.165, 1.54) is 25.3 Å². The zero-order chi connectivity index (χ0) is 23.9. The van der Waals surface area contributed by atoms with Gasteiger partial charge in [-0.25, -0.2) is 8.42 Å². The van der Waals surface area contributed by atoms with E-state index in [0.717, 1.165) is 12.1 Å². The molecule has 1 aromatic heterocycles. The number of nitrogens with one attached hydrogen (secondary N) is 1. The third kappa shape index (κ3) is 4.07. The van der Waals surface area contributed by atoms with E-state index in [-0.39, 0.29) is 33.9 Å². The molecule has 2 atom stereocenters. The summed E-state index contributed by atoms with van der Waals surface area (Å²) >= 11 is 0. The molecule has 0 spiro atoms. The first kappa shape index (κ1) is 22.2. The number of carbonyl (C=O) groups excluding carboxylic acids is 1. The van der Waals surface area contributed by atoms with Crippen molar-refractivity contribution in [1.82, 2.24) is 9.47 Å². The van der Waals surface area contributed by atoms with Gasteiger partial charge < -0.3 is 14.2 Å². The molecule has 1 N–H and O–H groups in total. The van der Waals surface area contributed by atoms with Gasteiger partial charge in [-0.3, -0.25) is 14.3 Å². The van der Waals surface area contributed by atoms with Crippen LogP contribution in [0.4, 0.5) is 5.69 Å². The number of ether oxygens (including phenoxy) is 1. The van der Waals surface area contributed by atoms with Crippen molar-refractivity contribution in [3.63, 3.8) is 0 Å². The van der Waals surface area contributed by atoms with Crippen molar-refractivity contribution < 1.29 is 17.9 Å². The Balaban J connectivity index is 1.39. The Morgan fingerprint density at radius 2 is 1.71 bits per heavy atom. The highest BCUT2D eigenvalue weighted by atomic mass is 32.2. The predicted octanol–water partition coefficient (Wildman–Crippen LogP) is 2.92. The molecule has 0 aliphatic carbocycles. The van der Waals surface area contributed by atoms with Crippen molar-refractivity contribution >= 4 is 21.6 Å². The third-order valence-corrected chi connectivity index (χ3v) is 7.91. The molecule has 2 bridgehead atoms.